The molecule has 0 aliphatic carbocycles. The maximum absolute atomic E-state index is 5.14. The summed E-state index contributed by atoms with van der Waals surface area (Å²) in [5.74, 6) is 6.78. The van der Waals surface area contributed by atoms with Crippen LogP contribution in [-0.2, 0) is 4.74 Å². The van der Waals surface area contributed by atoms with Crippen molar-refractivity contribution in [3.8, 4) is 10.9 Å². The van der Waals surface area contributed by atoms with Crippen LogP contribution in [-0.4, -0.2) is 19.9 Å². The van der Waals surface area contributed by atoms with Crippen LogP contribution < -0.4 is 0 Å². The van der Waals surface area contributed by atoms with E-state index >= 15 is 0 Å². The number of hydrogen-bond donors (Lipinski definition) is 0. The van der Waals surface area contributed by atoms with Gasteiger partial charge in [-0.25, -0.2) is 0 Å². The van der Waals surface area contributed by atoms with Crippen LogP contribution in [0.3, 0.4) is 0 Å². The molecule has 0 aromatic carbocycles. The van der Waals surface area contributed by atoms with Crippen LogP contribution in [0.5, 0.6) is 0 Å². The Morgan fingerprint density at radius 1 is 1.27 bits per heavy atom. The van der Waals surface area contributed by atoms with Crippen molar-refractivity contribution in [2.45, 2.75) is 37.0 Å². The molecule has 0 aliphatic rings. The molecule has 11 heavy (non-hydrogen) atoms. The van der Waals surface area contributed by atoms with Crippen molar-refractivity contribution in [3.05, 3.63) is 0 Å². The fourth-order valence-electron chi connectivity index (χ4n) is 0.457. The van der Waals surface area contributed by atoms with Crippen molar-refractivity contribution in [2.75, 3.05) is 6.61 Å². The Balaban J connectivity index is 3.41. The molecule has 0 bridgehead atoms. The molecule has 0 saturated carbocycles. The van der Waals surface area contributed by atoms with Gasteiger partial charge in [0.05, 0.1) is 0 Å². The average molecular weight is 215 g/mol. The first-order valence-corrected chi connectivity index (χ1v) is 11.5. The first kappa shape index (κ1) is 10.9. The van der Waals surface area contributed by atoms with E-state index < -0.39 is 13.3 Å². The zero-order chi connectivity index (χ0) is 8.74. The minimum atomic E-state index is -1.65. The molecule has 0 atom stereocenters. The Morgan fingerprint density at radius 3 is 2.36 bits per heavy atom. The van der Waals surface area contributed by atoms with E-state index in [9.17, 15) is 0 Å². The molecular formula is C9H18GeO. The fourth-order valence-corrected chi connectivity index (χ4v) is 1.25. The molecule has 0 fully saturated rings. The summed E-state index contributed by atoms with van der Waals surface area (Å²) >= 11 is -1.65. The Hall–Kier alpha value is -0.0971. The first-order chi connectivity index (χ1) is 5.06. The third-order valence-electron chi connectivity index (χ3n) is 1.10. The molecule has 0 N–H and O–H groups in total. The van der Waals surface area contributed by atoms with Crippen molar-refractivity contribution in [1.82, 2.24) is 0 Å². The monoisotopic (exact) mass is 216 g/mol. The average Bonchev–Trinajstić information content (AvgIpc) is 1.85. The number of ether oxygens (including phenoxy) is 1. The van der Waals surface area contributed by atoms with Gasteiger partial charge in [0.15, 0.2) is 0 Å². The predicted octanol–water partition coefficient (Wildman–Crippen LogP) is 2.64. The maximum atomic E-state index is 5.14. The van der Waals surface area contributed by atoms with Crippen molar-refractivity contribution in [1.29, 1.82) is 0 Å². The van der Waals surface area contributed by atoms with E-state index in [4.69, 9.17) is 4.74 Å². The van der Waals surface area contributed by atoms with E-state index in [2.05, 4.69) is 35.1 Å². The normalized spacial score (nSPS) is 10.2. The molecule has 0 unspecified atom stereocenters. The van der Waals surface area contributed by atoms with Crippen molar-refractivity contribution >= 4 is 13.3 Å². The SMILES string of the molecule is CCCCOC#[C][Ge]([CH3])([CH3])[CH3]. The molecule has 0 aromatic heterocycles. The van der Waals surface area contributed by atoms with Crippen molar-refractivity contribution in [2.24, 2.45) is 0 Å². The van der Waals surface area contributed by atoms with Gasteiger partial charge >= 0.3 is 72.5 Å². The zero-order valence-electron chi connectivity index (χ0n) is 8.03. The van der Waals surface area contributed by atoms with Crippen molar-refractivity contribution < 1.29 is 4.74 Å². The van der Waals surface area contributed by atoms with Crippen LogP contribution >= 0.6 is 0 Å². The molecule has 0 aliphatic heterocycles. The quantitative estimate of drug-likeness (QED) is 0.399. The second kappa shape index (κ2) is 5.54. The topological polar surface area (TPSA) is 9.23 Å². The zero-order valence-corrected chi connectivity index (χ0v) is 10.1. The third kappa shape index (κ3) is 9.90. The Morgan fingerprint density at radius 2 is 1.91 bits per heavy atom. The molecule has 0 heterocycles. The van der Waals surface area contributed by atoms with Crippen LogP contribution in [0.15, 0.2) is 0 Å². The Labute approximate surface area is 72.9 Å². The molecule has 1 nitrogen and oxygen atoms in total. The number of hydrogen-bond acceptors (Lipinski definition) is 1. The fraction of sp³-hybridized carbons (Fsp3) is 0.778. The molecular weight excluding hydrogens is 197 g/mol. The second-order valence-electron chi connectivity index (χ2n) is 3.68. The summed E-state index contributed by atoms with van der Waals surface area (Å²) in [5, 5.41) is 0. The van der Waals surface area contributed by atoms with Crippen LogP contribution in [0, 0.1) is 10.9 Å². The second-order valence-corrected chi connectivity index (χ2v) is 13.6. The van der Waals surface area contributed by atoms with Crippen LogP contribution in [0.4, 0.5) is 0 Å². The van der Waals surface area contributed by atoms with Gasteiger partial charge in [0.25, 0.3) is 0 Å². The van der Waals surface area contributed by atoms with Gasteiger partial charge in [-0.1, -0.05) is 0 Å². The molecule has 0 rings (SSSR count). The third-order valence-corrected chi connectivity index (χ3v) is 2.89. The van der Waals surface area contributed by atoms with E-state index in [1.807, 2.05) is 0 Å². The summed E-state index contributed by atoms with van der Waals surface area (Å²) in [4.78, 5) is 0. The standard InChI is InChI=1S/C9H18GeO/c1-5-6-8-11-9-7-10(2,3)4/h5-6,8H2,1-4H3. The van der Waals surface area contributed by atoms with E-state index in [-0.39, 0.29) is 0 Å². The summed E-state index contributed by atoms with van der Waals surface area (Å²) in [6.07, 6.45) is 5.09. The number of rotatable bonds is 3. The molecule has 0 radical (unpaired) electrons. The van der Waals surface area contributed by atoms with Gasteiger partial charge in [0, 0.05) is 0 Å². The Bertz CT molecular complexity index is 147. The molecule has 0 spiro atoms. The summed E-state index contributed by atoms with van der Waals surface area (Å²) in [5.41, 5.74) is 0. The number of unbranched alkanes of at least 4 members (excludes halogenated alkanes) is 1. The molecule has 0 aromatic rings. The van der Waals surface area contributed by atoms with E-state index in [1.54, 1.807) is 0 Å². The van der Waals surface area contributed by atoms with Gasteiger partial charge in [-0.05, 0) is 0 Å². The van der Waals surface area contributed by atoms with Crippen LogP contribution in [0.1, 0.15) is 19.8 Å². The van der Waals surface area contributed by atoms with Crippen LogP contribution in [0.25, 0.3) is 0 Å². The van der Waals surface area contributed by atoms with Gasteiger partial charge < -0.3 is 0 Å². The molecule has 2 heteroatoms. The summed E-state index contributed by atoms with van der Waals surface area (Å²) in [7, 11) is 0. The molecule has 64 valence electrons. The summed E-state index contributed by atoms with van der Waals surface area (Å²) < 4.78 is 8.33. The van der Waals surface area contributed by atoms with Gasteiger partial charge in [0.2, 0.25) is 0 Å². The van der Waals surface area contributed by atoms with Gasteiger partial charge in [-0.2, -0.15) is 0 Å². The molecule has 0 amide bonds. The van der Waals surface area contributed by atoms with E-state index in [0.717, 1.165) is 13.0 Å². The Kier molecular flexibility index (Phi) is 5.49. The van der Waals surface area contributed by atoms with Gasteiger partial charge in [-0.3, -0.25) is 0 Å². The molecule has 0 saturated heterocycles. The summed E-state index contributed by atoms with van der Waals surface area (Å²) in [6, 6.07) is 0. The van der Waals surface area contributed by atoms with Gasteiger partial charge in [0.1, 0.15) is 0 Å². The van der Waals surface area contributed by atoms with E-state index in [0.29, 0.717) is 0 Å². The summed E-state index contributed by atoms with van der Waals surface area (Å²) in [6.45, 7) is 2.94. The first-order valence-electron chi connectivity index (χ1n) is 4.20. The van der Waals surface area contributed by atoms with Crippen LogP contribution in [0.2, 0.25) is 17.3 Å². The van der Waals surface area contributed by atoms with E-state index in [1.165, 1.54) is 6.42 Å². The minimum absolute atomic E-state index is 0.793. The van der Waals surface area contributed by atoms with Crippen molar-refractivity contribution in [3.63, 3.8) is 0 Å². The van der Waals surface area contributed by atoms with Gasteiger partial charge in [-0.15, -0.1) is 0 Å². The predicted molar refractivity (Wildman–Crippen MR) is 52.0 cm³/mol.